The SMILES string of the molecule is Cn1cc(I)c(=O)n1-c1ccccc1. The van der Waals surface area contributed by atoms with E-state index in [0.29, 0.717) is 0 Å². The summed E-state index contributed by atoms with van der Waals surface area (Å²) in [5, 5.41) is 0. The Morgan fingerprint density at radius 2 is 1.86 bits per heavy atom. The van der Waals surface area contributed by atoms with Crippen molar-refractivity contribution in [2.45, 2.75) is 0 Å². The second-order valence-electron chi connectivity index (χ2n) is 3.00. The lowest BCUT2D eigenvalue weighted by Crippen LogP contribution is -2.19. The minimum absolute atomic E-state index is 0.0271. The van der Waals surface area contributed by atoms with E-state index in [4.69, 9.17) is 0 Å². The number of nitrogens with zero attached hydrogens (tertiary/aromatic N) is 2. The van der Waals surface area contributed by atoms with Crippen LogP contribution in [0.2, 0.25) is 0 Å². The lowest BCUT2D eigenvalue weighted by atomic mass is 10.3. The van der Waals surface area contributed by atoms with Crippen LogP contribution in [-0.2, 0) is 7.05 Å². The molecule has 0 aliphatic heterocycles. The Morgan fingerprint density at radius 1 is 1.21 bits per heavy atom. The highest BCUT2D eigenvalue weighted by Crippen LogP contribution is 2.06. The molecule has 14 heavy (non-hydrogen) atoms. The van der Waals surface area contributed by atoms with Crippen molar-refractivity contribution < 1.29 is 0 Å². The molecule has 1 aromatic heterocycles. The molecular weight excluding hydrogens is 291 g/mol. The van der Waals surface area contributed by atoms with Crippen molar-refractivity contribution in [3.63, 3.8) is 0 Å². The Bertz CT molecular complexity index is 499. The summed E-state index contributed by atoms with van der Waals surface area (Å²) < 4.78 is 4.16. The van der Waals surface area contributed by atoms with Gasteiger partial charge in [-0.25, -0.2) is 4.68 Å². The molecule has 1 heterocycles. The Balaban J connectivity index is 2.69. The zero-order valence-electron chi connectivity index (χ0n) is 7.64. The molecule has 3 nitrogen and oxygen atoms in total. The van der Waals surface area contributed by atoms with Gasteiger partial charge in [-0.2, -0.15) is 0 Å². The van der Waals surface area contributed by atoms with Crippen LogP contribution in [0, 0.1) is 3.57 Å². The fourth-order valence-corrected chi connectivity index (χ4v) is 2.02. The number of hydrogen-bond donors (Lipinski definition) is 0. The molecule has 0 unspecified atom stereocenters. The van der Waals surface area contributed by atoms with Gasteiger partial charge in [0.1, 0.15) is 0 Å². The number of aryl methyl sites for hydroxylation is 1. The minimum Gasteiger partial charge on any atom is -0.287 e. The van der Waals surface area contributed by atoms with Crippen molar-refractivity contribution in [2.24, 2.45) is 7.05 Å². The molecule has 1 aromatic carbocycles. The van der Waals surface area contributed by atoms with Crippen LogP contribution in [0.3, 0.4) is 0 Å². The van der Waals surface area contributed by atoms with Gasteiger partial charge >= 0.3 is 0 Å². The van der Waals surface area contributed by atoms with Crippen molar-refractivity contribution in [3.05, 3.63) is 50.5 Å². The van der Waals surface area contributed by atoms with Crippen LogP contribution >= 0.6 is 22.6 Å². The average Bonchev–Trinajstić information content (AvgIpc) is 2.43. The molecule has 0 saturated carbocycles. The van der Waals surface area contributed by atoms with Crippen LogP contribution in [0.5, 0.6) is 0 Å². The van der Waals surface area contributed by atoms with E-state index in [0.717, 1.165) is 9.26 Å². The number of halogens is 1. The molecule has 0 N–H and O–H groups in total. The second-order valence-corrected chi connectivity index (χ2v) is 4.17. The van der Waals surface area contributed by atoms with E-state index < -0.39 is 0 Å². The summed E-state index contributed by atoms with van der Waals surface area (Å²) in [5.74, 6) is 0. The maximum absolute atomic E-state index is 11.7. The highest BCUT2D eigenvalue weighted by atomic mass is 127. The third kappa shape index (κ3) is 1.50. The van der Waals surface area contributed by atoms with Crippen LogP contribution in [-0.4, -0.2) is 9.36 Å². The van der Waals surface area contributed by atoms with Crippen LogP contribution in [0.4, 0.5) is 0 Å². The van der Waals surface area contributed by atoms with Gasteiger partial charge in [0, 0.05) is 13.2 Å². The van der Waals surface area contributed by atoms with Crippen molar-refractivity contribution in [2.75, 3.05) is 0 Å². The molecule has 0 spiro atoms. The minimum atomic E-state index is 0.0271. The largest absolute Gasteiger partial charge is 0.287 e. The van der Waals surface area contributed by atoms with Gasteiger partial charge in [0.15, 0.2) is 0 Å². The number of para-hydroxylation sites is 1. The predicted octanol–water partition coefficient (Wildman–Crippen LogP) is 1.78. The lowest BCUT2D eigenvalue weighted by Gasteiger charge is -2.05. The van der Waals surface area contributed by atoms with Crippen molar-refractivity contribution in [3.8, 4) is 5.69 Å². The van der Waals surface area contributed by atoms with Crippen LogP contribution in [0.15, 0.2) is 41.3 Å². The smallest absolute Gasteiger partial charge is 0.284 e. The summed E-state index contributed by atoms with van der Waals surface area (Å²) in [7, 11) is 1.86. The van der Waals surface area contributed by atoms with E-state index in [1.54, 1.807) is 9.36 Å². The number of rotatable bonds is 1. The highest BCUT2D eigenvalue weighted by molar-refractivity contribution is 14.1. The van der Waals surface area contributed by atoms with Crippen molar-refractivity contribution in [1.82, 2.24) is 9.36 Å². The van der Waals surface area contributed by atoms with Crippen LogP contribution in [0.1, 0.15) is 0 Å². The zero-order valence-corrected chi connectivity index (χ0v) is 9.80. The molecular formula is C10H9IN2O. The predicted molar refractivity (Wildman–Crippen MR) is 63.7 cm³/mol. The number of aromatic nitrogens is 2. The average molecular weight is 300 g/mol. The van der Waals surface area contributed by atoms with Gasteiger partial charge in [-0.1, -0.05) is 18.2 Å². The molecule has 0 aliphatic rings. The first-order chi connectivity index (χ1) is 6.70. The molecule has 2 rings (SSSR count). The first-order valence-electron chi connectivity index (χ1n) is 4.20. The second kappa shape index (κ2) is 3.61. The molecule has 0 fully saturated rings. The molecule has 0 saturated heterocycles. The number of benzene rings is 1. The van der Waals surface area contributed by atoms with E-state index in [-0.39, 0.29) is 5.56 Å². The molecule has 0 bridgehead atoms. The van der Waals surface area contributed by atoms with E-state index in [1.807, 2.05) is 66.2 Å². The first-order valence-corrected chi connectivity index (χ1v) is 5.27. The van der Waals surface area contributed by atoms with Gasteiger partial charge in [0.05, 0.1) is 9.26 Å². The summed E-state index contributed by atoms with van der Waals surface area (Å²) in [6.07, 6.45) is 1.82. The molecule has 0 radical (unpaired) electrons. The fourth-order valence-electron chi connectivity index (χ4n) is 1.39. The third-order valence-electron chi connectivity index (χ3n) is 2.01. The zero-order chi connectivity index (χ0) is 10.1. The van der Waals surface area contributed by atoms with E-state index >= 15 is 0 Å². The summed E-state index contributed by atoms with van der Waals surface area (Å²) >= 11 is 2.04. The van der Waals surface area contributed by atoms with Gasteiger partial charge < -0.3 is 0 Å². The highest BCUT2D eigenvalue weighted by Gasteiger charge is 2.07. The standard InChI is InChI=1S/C10H9IN2O/c1-12-7-9(11)10(14)13(12)8-5-3-2-4-6-8/h2-7H,1H3. The third-order valence-corrected chi connectivity index (χ3v) is 2.75. The molecule has 72 valence electrons. The van der Waals surface area contributed by atoms with Gasteiger partial charge in [0.2, 0.25) is 0 Å². The van der Waals surface area contributed by atoms with Gasteiger partial charge in [0.25, 0.3) is 5.56 Å². The fraction of sp³-hybridized carbons (Fsp3) is 0.100. The van der Waals surface area contributed by atoms with E-state index in [2.05, 4.69) is 0 Å². The van der Waals surface area contributed by atoms with E-state index in [9.17, 15) is 4.79 Å². The van der Waals surface area contributed by atoms with E-state index in [1.165, 1.54) is 0 Å². The molecule has 0 aliphatic carbocycles. The summed E-state index contributed by atoms with van der Waals surface area (Å²) in [5.41, 5.74) is 0.919. The maximum atomic E-state index is 11.7. The van der Waals surface area contributed by atoms with Crippen LogP contribution in [0.25, 0.3) is 5.69 Å². The molecule has 4 heteroatoms. The monoisotopic (exact) mass is 300 g/mol. The van der Waals surface area contributed by atoms with Gasteiger partial charge in [-0.15, -0.1) is 0 Å². The normalized spacial score (nSPS) is 10.4. The van der Waals surface area contributed by atoms with Crippen LogP contribution < -0.4 is 5.56 Å². The summed E-state index contributed by atoms with van der Waals surface area (Å²) in [4.78, 5) is 11.7. The number of hydrogen-bond acceptors (Lipinski definition) is 1. The quantitative estimate of drug-likeness (QED) is 0.738. The summed E-state index contributed by atoms with van der Waals surface area (Å²) in [6.45, 7) is 0. The molecule has 0 amide bonds. The van der Waals surface area contributed by atoms with Crippen molar-refractivity contribution in [1.29, 1.82) is 0 Å². The lowest BCUT2D eigenvalue weighted by molar-refractivity contribution is 0.646. The maximum Gasteiger partial charge on any atom is 0.284 e. The Morgan fingerprint density at radius 3 is 2.36 bits per heavy atom. The Labute approximate surface area is 95.1 Å². The Hall–Kier alpha value is -1.04. The molecule has 2 aromatic rings. The van der Waals surface area contributed by atoms with Gasteiger partial charge in [-0.3, -0.25) is 9.48 Å². The van der Waals surface area contributed by atoms with Gasteiger partial charge in [-0.05, 0) is 34.7 Å². The summed E-state index contributed by atoms with van der Waals surface area (Å²) in [6, 6.07) is 9.60. The van der Waals surface area contributed by atoms with Crippen molar-refractivity contribution >= 4 is 22.6 Å². The first kappa shape index (κ1) is 9.51. The molecule has 0 atom stereocenters. The Kier molecular flexibility index (Phi) is 2.45. The topological polar surface area (TPSA) is 26.9 Å².